The molecule has 12 rings (SSSR count). The summed E-state index contributed by atoms with van der Waals surface area (Å²) in [4.78, 5) is 10.9. The molecule has 0 bridgehead atoms. The second kappa shape index (κ2) is 12.4. The number of rotatable bonds is 5. The summed E-state index contributed by atoms with van der Waals surface area (Å²) in [6.07, 6.45) is 0. The van der Waals surface area contributed by atoms with E-state index in [0.29, 0.717) is 5.82 Å². The minimum absolute atomic E-state index is 0.658. The minimum Gasteiger partial charge on any atom is -0.307 e. The highest BCUT2D eigenvalue weighted by Gasteiger charge is 2.23. The lowest BCUT2D eigenvalue weighted by Gasteiger charge is -2.15. The number of nitrogens with zero attached hydrogens (tertiary/aromatic N) is 5. The van der Waals surface area contributed by atoms with Crippen molar-refractivity contribution >= 4 is 65.4 Å². The van der Waals surface area contributed by atoms with Crippen molar-refractivity contribution in [3.8, 4) is 39.8 Å². The Balaban J connectivity index is 1.22. The van der Waals surface area contributed by atoms with Crippen molar-refractivity contribution in [3.63, 3.8) is 0 Å². The molecular formula is C52H33N5. The fraction of sp³-hybridized carbons (Fsp3) is 0. The van der Waals surface area contributed by atoms with Crippen LogP contribution in [0.15, 0.2) is 200 Å². The molecular weight excluding hydrogens is 695 g/mol. The van der Waals surface area contributed by atoms with E-state index < -0.39 is 0 Å². The van der Waals surface area contributed by atoms with Crippen LogP contribution in [0.1, 0.15) is 0 Å². The monoisotopic (exact) mass is 727 g/mol. The normalized spacial score (nSPS) is 11.9. The first kappa shape index (κ1) is 31.6. The van der Waals surface area contributed by atoms with Crippen LogP contribution in [-0.2, 0) is 0 Å². The van der Waals surface area contributed by atoms with E-state index in [1.54, 1.807) is 0 Å². The first-order valence-corrected chi connectivity index (χ1v) is 19.3. The average Bonchev–Trinajstić information content (AvgIpc) is 3.93. The van der Waals surface area contributed by atoms with Crippen LogP contribution < -0.4 is 0 Å². The summed E-state index contributed by atoms with van der Waals surface area (Å²) in [5, 5.41) is 7.12. The predicted octanol–water partition coefficient (Wildman–Crippen LogP) is 13.1. The standard InChI is InChI=1S/C52H33N5/c1-3-15-34(16-4-1)35-27-29-36(30-28-35)52-53-48(56-45-24-12-7-19-38(45)39-20-8-13-25-46(39)56)33-49(54-52)57-47-26-14-10-22-41(47)43-32-31-42-40-21-9-11-23-44(40)55(50(42)51(43)57)37-17-5-2-6-18-37/h1-33H. The van der Waals surface area contributed by atoms with E-state index in [1.165, 1.54) is 37.9 Å². The predicted molar refractivity (Wildman–Crippen MR) is 236 cm³/mol. The molecule has 4 aromatic heterocycles. The lowest BCUT2D eigenvalue weighted by molar-refractivity contribution is 0.994. The molecule has 0 fully saturated rings. The minimum atomic E-state index is 0.658. The van der Waals surface area contributed by atoms with Crippen LogP contribution in [0.25, 0.3) is 105 Å². The van der Waals surface area contributed by atoms with Crippen molar-refractivity contribution in [3.05, 3.63) is 200 Å². The first-order valence-electron chi connectivity index (χ1n) is 19.3. The van der Waals surface area contributed by atoms with Gasteiger partial charge in [-0.05, 0) is 47.5 Å². The molecule has 0 aliphatic rings. The van der Waals surface area contributed by atoms with Crippen LogP contribution in [0, 0.1) is 0 Å². The Morgan fingerprint density at radius 1 is 0.281 bits per heavy atom. The van der Waals surface area contributed by atoms with Gasteiger partial charge in [0.05, 0.1) is 33.1 Å². The largest absolute Gasteiger partial charge is 0.307 e. The van der Waals surface area contributed by atoms with Crippen LogP contribution in [0.4, 0.5) is 0 Å². The summed E-state index contributed by atoms with van der Waals surface area (Å²) in [5.41, 5.74) is 11.1. The molecule has 12 aromatic rings. The van der Waals surface area contributed by atoms with Gasteiger partial charge < -0.3 is 4.57 Å². The fourth-order valence-electron chi connectivity index (χ4n) is 8.98. The number of aromatic nitrogens is 5. The summed E-state index contributed by atoms with van der Waals surface area (Å²) >= 11 is 0. The van der Waals surface area contributed by atoms with Crippen LogP contribution in [0.3, 0.4) is 0 Å². The number of para-hydroxylation sites is 5. The summed E-state index contributed by atoms with van der Waals surface area (Å²) in [6.45, 7) is 0. The third-order valence-electron chi connectivity index (χ3n) is 11.5. The van der Waals surface area contributed by atoms with E-state index in [-0.39, 0.29) is 0 Å². The van der Waals surface area contributed by atoms with Gasteiger partial charge in [0.2, 0.25) is 0 Å². The molecule has 57 heavy (non-hydrogen) atoms. The molecule has 0 unspecified atom stereocenters. The molecule has 266 valence electrons. The molecule has 5 nitrogen and oxygen atoms in total. The molecule has 0 saturated heterocycles. The van der Waals surface area contributed by atoms with Crippen LogP contribution in [0.5, 0.6) is 0 Å². The Labute approximate surface area is 328 Å². The molecule has 0 radical (unpaired) electrons. The van der Waals surface area contributed by atoms with Gasteiger partial charge in [0.1, 0.15) is 11.6 Å². The molecule has 0 N–H and O–H groups in total. The molecule has 0 spiro atoms. The van der Waals surface area contributed by atoms with E-state index in [2.05, 4.69) is 214 Å². The highest BCUT2D eigenvalue weighted by Crippen LogP contribution is 2.42. The Bertz CT molecular complexity index is 3450. The summed E-state index contributed by atoms with van der Waals surface area (Å²) in [7, 11) is 0. The van der Waals surface area contributed by atoms with Gasteiger partial charge in [-0.2, -0.15) is 0 Å². The molecule has 0 amide bonds. The van der Waals surface area contributed by atoms with Gasteiger partial charge in [0.25, 0.3) is 0 Å². The van der Waals surface area contributed by atoms with Gasteiger partial charge in [-0.1, -0.05) is 158 Å². The quantitative estimate of drug-likeness (QED) is 0.177. The molecule has 5 heteroatoms. The topological polar surface area (TPSA) is 40.6 Å². The number of hydrogen-bond acceptors (Lipinski definition) is 2. The molecule has 8 aromatic carbocycles. The second-order valence-corrected chi connectivity index (χ2v) is 14.6. The van der Waals surface area contributed by atoms with Crippen LogP contribution in [-0.4, -0.2) is 23.7 Å². The summed E-state index contributed by atoms with van der Waals surface area (Å²) in [6, 6.07) is 71.2. The van der Waals surface area contributed by atoms with Crippen molar-refractivity contribution in [1.29, 1.82) is 0 Å². The maximum Gasteiger partial charge on any atom is 0.163 e. The van der Waals surface area contributed by atoms with Gasteiger partial charge in [0.15, 0.2) is 5.82 Å². The van der Waals surface area contributed by atoms with E-state index >= 15 is 0 Å². The van der Waals surface area contributed by atoms with Gasteiger partial charge in [0, 0.05) is 49.6 Å². The Hall–Kier alpha value is -7.76. The van der Waals surface area contributed by atoms with Gasteiger partial charge in [-0.15, -0.1) is 0 Å². The molecule has 0 aliphatic heterocycles. The van der Waals surface area contributed by atoms with Crippen LogP contribution in [0.2, 0.25) is 0 Å². The van der Waals surface area contributed by atoms with Crippen molar-refractivity contribution in [2.24, 2.45) is 0 Å². The zero-order valence-corrected chi connectivity index (χ0v) is 30.8. The zero-order valence-electron chi connectivity index (χ0n) is 30.8. The third-order valence-corrected chi connectivity index (χ3v) is 11.5. The number of hydrogen-bond donors (Lipinski definition) is 0. The Morgan fingerprint density at radius 2 is 0.667 bits per heavy atom. The Kier molecular flexibility index (Phi) is 6.86. The average molecular weight is 728 g/mol. The van der Waals surface area contributed by atoms with Gasteiger partial charge >= 0.3 is 0 Å². The molecule has 4 heterocycles. The fourth-order valence-corrected chi connectivity index (χ4v) is 8.98. The van der Waals surface area contributed by atoms with E-state index in [0.717, 1.165) is 61.6 Å². The first-order chi connectivity index (χ1) is 28.3. The molecule has 0 aliphatic carbocycles. The summed E-state index contributed by atoms with van der Waals surface area (Å²) < 4.78 is 7.08. The Morgan fingerprint density at radius 3 is 1.23 bits per heavy atom. The van der Waals surface area contributed by atoms with Gasteiger partial charge in [-0.3, -0.25) is 9.13 Å². The van der Waals surface area contributed by atoms with E-state index in [9.17, 15) is 0 Å². The lowest BCUT2D eigenvalue weighted by Crippen LogP contribution is -2.07. The highest BCUT2D eigenvalue weighted by atomic mass is 15.2. The maximum absolute atomic E-state index is 5.51. The smallest absolute Gasteiger partial charge is 0.163 e. The van der Waals surface area contributed by atoms with Crippen molar-refractivity contribution in [2.75, 3.05) is 0 Å². The zero-order chi connectivity index (χ0) is 37.5. The highest BCUT2D eigenvalue weighted by molar-refractivity contribution is 6.23. The van der Waals surface area contributed by atoms with Crippen molar-refractivity contribution < 1.29 is 0 Å². The second-order valence-electron chi connectivity index (χ2n) is 14.6. The van der Waals surface area contributed by atoms with Crippen LogP contribution >= 0.6 is 0 Å². The third kappa shape index (κ3) is 4.76. The molecule has 0 atom stereocenters. The maximum atomic E-state index is 5.51. The summed E-state index contributed by atoms with van der Waals surface area (Å²) in [5.74, 6) is 2.26. The van der Waals surface area contributed by atoms with Crippen molar-refractivity contribution in [2.45, 2.75) is 0 Å². The lowest BCUT2D eigenvalue weighted by atomic mass is 10.0. The van der Waals surface area contributed by atoms with Gasteiger partial charge in [-0.25, -0.2) is 9.97 Å². The SMILES string of the molecule is c1ccc(-c2ccc(-c3nc(-n4c5ccccc5c5ccccc54)cc(-n4c5ccccc5c5ccc6c7ccccc7n(-c7ccccc7)c6c54)n3)cc2)cc1. The number of benzene rings is 8. The molecule has 0 saturated carbocycles. The van der Waals surface area contributed by atoms with Crippen molar-refractivity contribution in [1.82, 2.24) is 23.7 Å². The number of fused-ring (bicyclic) bond motifs is 10. The van der Waals surface area contributed by atoms with E-state index in [1.807, 2.05) is 0 Å². The van der Waals surface area contributed by atoms with E-state index in [4.69, 9.17) is 9.97 Å².